The number of para-hydroxylation sites is 1. The van der Waals surface area contributed by atoms with Gasteiger partial charge in [0, 0.05) is 23.6 Å². The molecule has 23 heavy (non-hydrogen) atoms. The Morgan fingerprint density at radius 1 is 1.17 bits per heavy atom. The Balaban J connectivity index is 1.89. The Labute approximate surface area is 142 Å². The van der Waals surface area contributed by atoms with Crippen molar-refractivity contribution in [3.8, 4) is 11.4 Å². The first-order valence-corrected chi connectivity index (χ1v) is 7.85. The molecule has 118 valence electrons. The first-order chi connectivity index (χ1) is 11.2. The predicted octanol–water partition coefficient (Wildman–Crippen LogP) is 3.07. The average molecular weight is 374 g/mol. The van der Waals surface area contributed by atoms with Crippen LogP contribution in [0.1, 0.15) is 5.56 Å². The summed E-state index contributed by atoms with van der Waals surface area (Å²) in [4.78, 5) is 1.98. The number of ether oxygens (including phenoxy) is 1. The molecule has 0 unspecified atom stereocenters. The lowest BCUT2D eigenvalue weighted by molar-refractivity contribution is 0.409. The smallest absolute Gasteiger partial charge is 0.250 e. The highest BCUT2D eigenvalue weighted by molar-refractivity contribution is 9.10. The van der Waals surface area contributed by atoms with Gasteiger partial charge >= 0.3 is 0 Å². The van der Waals surface area contributed by atoms with Crippen LogP contribution in [0.25, 0.3) is 5.69 Å². The molecule has 0 saturated carbocycles. The van der Waals surface area contributed by atoms with E-state index in [2.05, 4.69) is 31.5 Å². The molecule has 1 aromatic heterocycles. The Morgan fingerprint density at radius 3 is 2.70 bits per heavy atom. The highest BCUT2D eigenvalue weighted by Crippen LogP contribution is 2.25. The molecule has 3 aromatic rings. The van der Waals surface area contributed by atoms with Gasteiger partial charge in [0.2, 0.25) is 5.95 Å². The zero-order valence-corrected chi connectivity index (χ0v) is 14.4. The highest BCUT2D eigenvalue weighted by Gasteiger charge is 2.15. The van der Waals surface area contributed by atoms with Crippen LogP contribution < -0.4 is 9.64 Å². The average Bonchev–Trinajstić information content (AvgIpc) is 3.05. The normalized spacial score (nSPS) is 10.6. The van der Waals surface area contributed by atoms with Gasteiger partial charge in [0.15, 0.2) is 0 Å². The second-order valence-electron chi connectivity index (χ2n) is 5.04. The van der Waals surface area contributed by atoms with Crippen LogP contribution in [-0.2, 0) is 6.54 Å². The van der Waals surface area contributed by atoms with Crippen LogP contribution in [0.5, 0.6) is 5.75 Å². The molecule has 6 nitrogen and oxygen atoms in total. The van der Waals surface area contributed by atoms with Gasteiger partial charge < -0.3 is 9.64 Å². The fourth-order valence-electron chi connectivity index (χ4n) is 2.35. The monoisotopic (exact) mass is 373 g/mol. The molecule has 0 atom stereocenters. The Kier molecular flexibility index (Phi) is 4.57. The second kappa shape index (κ2) is 6.78. The van der Waals surface area contributed by atoms with Crippen LogP contribution in [0.4, 0.5) is 5.95 Å². The van der Waals surface area contributed by atoms with Crippen LogP contribution in [0, 0.1) is 0 Å². The molecule has 0 N–H and O–H groups in total. The summed E-state index contributed by atoms with van der Waals surface area (Å²) >= 11 is 3.50. The van der Waals surface area contributed by atoms with E-state index < -0.39 is 0 Å². The van der Waals surface area contributed by atoms with Crippen molar-refractivity contribution in [1.29, 1.82) is 0 Å². The molecule has 0 fully saturated rings. The summed E-state index contributed by atoms with van der Waals surface area (Å²) in [6.07, 6.45) is 0. The fraction of sp³-hybridized carbons (Fsp3) is 0.188. The third-order valence-corrected chi connectivity index (χ3v) is 3.94. The standard InChI is InChI=1S/C16H16BrN5O/c1-21(11-12-10-13(17)8-9-15(12)23-2)16-18-19-20-22(16)14-6-4-3-5-7-14/h3-10H,11H2,1-2H3. The maximum absolute atomic E-state index is 5.43. The number of anilines is 1. The molecule has 7 heteroatoms. The van der Waals surface area contributed by atoms with E-state index in [0.717, 1.165) is 21.5 Å². The van der Waals surface area contributed by atoms with Crippen molar-refractivity contribution in [3.05, 3.63) is 58.6 Å². The molecule has 0 radical (unpaired) electrons. The molecule has 3 rings (SSSR count). The molecule has 0 amide bonds. The van der Waals surface area contributed by atoms with Crippen LogP contribution in [-0.4, -0.2) is 34.4 Å². The largest absolute Gasteiger partial charge is 0.496 e. The van der Waals surface area contributed by atoms with Gasteiger partial charge in [-0.25, -0.2) is 0 Å². The zero-order valence-electron chi connectivity index (χ0n) is 12.8. The third-order valence-electron chi connectivity index (χ3n) is 3.45. The number of hydrogen-bond acceptors (Lipinski definition) is 5. The van der Waals surface area contributed by atoms with Crippen molar-refractivity contribution in [3.63, 3.8) is 0 Å². The summed E-state index contributed by atoms with van der Waals surface area (Å²) < 4.78 is 8.14. The molecular weight excluding hydrogens is 358 g/mol. The lowest BCUT2D eigenvalue weighted by Gasteiger charge is -2.19. The van der Waals surface area contributed by atoms with Gasteiger partial charge in [-0.05, 0) is 40.8 Å². The number of hydrogen-bond donors (Lipinski definition) is 0. The summed E-state index contributed by atoms with van der Waals surface area (Å²) in [5, 5.41) is 12.0. The summed E-state index contributed by atoms with van der Waals surface area (Å²) in [5.74, 6) is 1.50. The molecule has 0 aliphatic rings. The maximum Gasteiger partial charge on any atom is 0.250 e. The number of rotatable bonds is 5. The molecule has 0 aliphatic heterocycles. The first-order valence-electron chi connectivity index (χ1n) is 7.06. The predicted molar refractivity (Wildman–Crippen MR) is 92.0 cm³/mol. The van der Waals surface area contributed by atoms with Gasteiger partial charge in [-0.3, -0.25) is 0 Å². The number of aromatic nitrogens is 4. The Morgan fingerprint density at radius 2 is 1.96 bits per heavy atom. The third kappa shape index (κ3) is 3.34. The van der Waals surface area contributed by atoms with Crippen molar-refractivity contribution in [2.24, 2.45) is 0 Å². The van der Waals surface area contributed by atoms with E-state index in [1.54, 1.807) is 11.8 Å². The Hall–Kier alpha value is -2.41. The van der Waals surface area contributed by atoms with Crippen LogP contribution in [0.2, 0.25) is 0 Å². The lowest BCUT2D eigenvalue weighted by Crippen LogP contribution is -2.21. The molecule has 1 heterocycles. The number of halogens is 1. The summed E-state index contributed by atoms with van der Waals surface area (Å²) in [6, 6.07) is 15.7. The molecule has 0 saturated heterocycles. The van der Waals surface area contributed by atoms with Crippen molar-refractivity contribution in [2.75, 3.05) is 19.1 Å². The van der Waals surface area contributed by atoms with E-state index in [0.29, 0.717) is 12.5 Å². The van der Waals surface area contributed by atoms with Gasteiger partial charge in [0.25, 0.3) is 0 Å². The minimum Gasteiger partial charge on any atom is -0.496 e. The number of benzene rings is 2. The lowest BCUT2D eigenvalue weighted by atomic mass is 10.2. The van der Waals surface area contributed by atoms with E-state index in [-0.39, 0.29) is 0 Å². The van der Waals surface area contributed by atoms with Crippen molar-refractivity contribution < 1.29 is 4.74 Å². The van der Waals surface area contributed by atoms with Crippen molar-refractivity contribution in [2.45, 2.75) is 6.54 Å². The van der Waals surface area contributed by atoms with E-state index >= 15 is 0 Å². The SMILES string of the molecule is COc1ccc(Br)cc1CN(C)c1nnnn1-c1ccccc1. The minimum atomic E-state index is 0.621. The van der Waals surface area contributed by atoms with Gasteiger partial charge in [0.05, 0.1) is 12.8 Å². The van der Waals surface area contributed by atoms with Crippen LogP contribution in [0.3, 0.4) is 0 Å². The van der Waals surface area contributed by atoms with E-state index in [1.807, 2.05) is 60.5 Å². The number of tetrazole rings is 1. The van der Waals surface area contributed by atoms with Gasteiger partial charge in [-0.2, -0.15) is 4.68 Å². The second-order valence-corrected chi connectivity index (χ2v) is 5.95. The first kappa shape index (κ1) is 15.5. The van der Waals surface area contributed by atoms with Gasteiger partial charge in [0.1, 0.15) is 5.75 Å². The Bertz CT molecular complexity index is 790. The van der Waals surface area contributed by atoms with Gasteiger partial charge in [-0.1, -0.05) is 39.2 Å². The topological polar surface area (TPSA) is 56.1 Å². The molecule has 0 aliphatic carbocycles. The van der Waals surface area contributed by atoms with Crippen molar-refractivity contribution >= 4 is 21.9 Å². The fourth-order valence-corrected chi connectivity index (χ4v) is 2.76. The molecule has 0 bridgehead atoms. The summed E-state index contributed by atoms with van der Waals surface area (Å²) in [6.45, 7) is 0.621. The van der Waals surface area contributed by atoms with Crippen molar-refractivity contribution in [1.82, 2.24) is 20.2 Å². The van der Waals surface area contributed by atoms with Gasteiger partial charge in [-0.15, -0.1) is 0 Å². The molecular formula is C16H16BrN5O. The minimum absolute atomic E-state index is 0.621. The maximum atomic E-state index is 5.43. The summed E-state index contributed by atoms with van der Waals surface area (Å²) in [7, 11) is 3.62. The summed E-state index contributed by atoms with van der Waals surface area (Å²) in [5.41, 5.74) is 1.97. The number of methoxy groups -OCH3 is 1. The molecule has 2 aromatic carbocycles. The molecule has 0 spiro atoms. The van der Waals surface area contributed by atoms with E-state index in [9.17, 15) is 0 Å². The number of nitrogens with zero attached hydrogens (tertiary/aromatic N) is 5. The van der Waals surface area contributed by atoms with E-state index in [4.69, 9.17) is 4.74 Å². The highest BCUT2D eigenvalue weighted by atomic mass is 79.9. The van der Waals surface area contributed by atoms with E-state index in [1.165, 1.54) is 0 Å². The zero-order chi connectivity index (χ0) is 16.2. The quantitative estimate of drug-likeness (QED) is 0.687. The van der Waals surface area contributed by atoms with Crippen LogP contribution in [0.15, 0.2) is 53.0 Å². The van der Waals surface area contributed by atoms with Crippen LogP contribution >= 0.6 is 15.9 Å².